The Morgan fingerprint density at radius 3 is 2.54 bits per heavy atom. The zero-order valence-electron chi connectivity index (χ0n) is 16.4. The van der Waals surface area contributed by atoms with E-state index in [1.807, 2.05) is 6.92 Å². The summed E-state index contributed by atoms with van der Waals surface area (Å²) in [7, 11) is -1.48. The summed E-state index contributed by atoms with van der Waals surface area (Å²) in [5.74, 6) is -0.168. The normalized spacial score (nSPS) is 16.5. The van der Waals surface area contributed by atoms with Crippen LogP contribution in [0.2, 0.25) is 0 Å². The first-order valence-corrected chi connectivity index (χ1v) is 11.5. The molecule has 2 aromatic heterocycles. The molecule has 1 aliphatic rings. The fourth-order valence-electron chi connectivity index (χ4n) is 3.05. The molecule has 1 aliphatic heterocycles. The van der Waals surface area contributed by atoms with Crippen LogP contribution in [0.15, 0.2) is 6.20 Å². The van der Waals surface area contributed by atoms with Crippen LogP contribution in [0.5, 0.6) is 0 Å². The molecule has 0 unspecified atom stereocenters. The SMILES string of the molecule is CNc1nc(C)c(-c2nc(NC3CCN(S(=O)(=O)C(C)C)CC3)ncc2F)s1. The van der Waals surface area contributed by atoms with Crippen molar-refractivity contribution in [2.45, 2.75) is 44.9 Å². The van der Waals surface area contributed by atoms with Crippen molar-refractivity contribution < 1.29 is 12.8 Å². The van der Waals surface area contributed by atoms with Crippen molar-refractivity contribution in [2.24, 2.45) is 0 Å². The number of nitrogens with one attached hydrogen (secondary N) is 2. The first kappa shape index (κ1) is 20.9. The molecule has 1 saturated heterocycles. The second-order valence-electron chi connectivity index (χ2n) is 6.99. The van der Waals surface area contributed by atoms with Crippen LogP contribution in [0.4, 0.5) is 15.5 Å². The highest BCUT2D eigenvalue weighted by Gasteiger charge is 2.30. The van der Waals surface area contributed by atoms with Crippen molar-refractivity contribution in [2.75, 3.05) is 30.8 Å². The number of piperidine rings is 1. The molecule has 0 aliphatic carbocycles. The summed E-state index contributed by atoms with van der Waals surface area (Å²) in [6.45, 7) is 6.09. The fourth-order valence-corrected chi connectivity index (χ4v) is 5.28. The van der Waals surface area contributed by atoms with E-state index < -0.39 is 21.1 Å². The van der Waals surface area contributed by atoms with Crippen LogP contribution in [0.25, 0.3) is 10.6 Å². The highest BCUT2D eigenvalue weighted by Crippen LogP contribution is 2.33. The lowest BCUT2D eigenvalue weighted by Crippen LogP contribution is -2.45. The summed E-state index contributed by atoms with van der Waals surface area (Å²) < 4.78 is 40.4. The summed E-state index contributed by atoms with van der Waals surface area (Å²) in [5, 5.41) is 6.44. The van der Waals surface area contributed by atoms with Gasteiger partial charge in [0.2, 0.25) is 16.0 Å². The number of rotatable bonds is 6. The lowest BCUT2D eigenvalue weighted by Gasteiger charge is -2.32. The quantitative estimate of drug-likeness (QED) is 0.730. The van der Waals surface area contributed by atoms with Crippen LogP contribution < -0.4 is 10.6 Å². The first-order valence-electron chi connectivity index (χ1n) is 9.16. The largest absolute Gasteiger partial charge is 0.365 e. The van der Waals surface area contributed by atoms with E-state index in [4.69, 9.17) is 0 Å². The standard InChI is InChI=1S/C17H25FN6O2S2/c1-10(2)28(25,26)24-7-5-12(6-8-24)22-16-20-9-13(18)14(23-16)15-11(3)21-17(19-4)27-15/h9-10,12H,5-8H2,1-4H3,(H,19,21)(H,20,22,23). The maximum absolute atomic E-state index is 14.3. The maximum atomic E-state index is 14.3. The van der Waals surface area contributed by atoms with E-state index in [1.54, 1.807) is 20.9 Å². The average Bonchev–Trinajstić information content (AvgIpc) is 3.04. The van der Waals surface area contributed by atoms with E-state index in [9.17, 15) is 12.8 Å². The predicted octanol–water partition coefficient (Wildman–Crippen LogP) is 2.70. The van der Waals surface area contributed by atoms with Crippen LogP contribution in [0.1, 0.15) is 32.4 Å². The van der Waals surface area contributed by atoms with Crippen LogP contribution in [-0.4, -0.2) is 59.1 Å². The summed E-state index contributed by atoms with van der Waals surface area (Å²) in [6.07, 6.45) is 2.44. The third-order valence-corrected chi connectivity index (χ3v) is 8.17. The number of nitrogens with zero attached hydrogens (tertiary/aromatic N) is 4. The number of hydrogen-bond donors (Lipinski definition) is 2. The molecule has 2 aromatic rings. The molecule has 0 aromatic carbocycles. The van der Waals surface area contributed by atoms with Crippen LogP contribution >= 0.6 is 11.3 Å². The molecule has 0 spiro atoms. The smallest absolute Gasteiger partial charge is 0.223 e. The number of hydrogen-bond acceptors (Lipinski definition) is 8. The van der Waals surface area contributed by atoms with Crippen molar-refractivity contribution in [1.29, 1.82) is 0 Å². The Balaban J connectivity index is 1.72. The van der Waals surface area contributed by atoms with E-state index in [0.29, 0.717) is 47.6 Å². The predicted molar refractivity (Wildman–Crippen MR) is 110 cm³/mol. The van der Waals surface area contributed by atoms with Crippen molar-refractivity contribution in [3.05, 3.63) is 17.7 Å². The van der Waals surface area contributed by atoms with Gasteiger partial charge in [-0.1, -0.05) is 11.3 Å². The minimum atomic E-state index is -3.24. The van der Waals surface area contributed by atoms with E-state index in [0.717, 1.165) is 6.20 Å². The van der Waals surface area contributed by atoms with Gasteiger partial charge in [0.1, 0.15) is 5.69 Å². The van der Waals surface area contributed by atoms with Crippen molar-refractivity contribution in [1.82, 2.24) is 19.3 Å². The van der Waals surface area contributed by atoms with Gasteiger partial charge in [-0.15, -0.1) is 0 Å². The number of aromatic nitrogens is 3. The molecule has 154 valence electrons. The van der Waals surface area contributed by atoms with Gasteiger partial charge in [-0.3, -0.25) is 0 Å². The average molecular weight is 429 g/mol. The first-order chi connectivity index (χ1) is 13.2. The zero-order chi connectivity index (χ0) is 20.5. The van der Waals surface area contributed by atoms with Crippen LogP contribution in [-0.2, 0) is 10.0 Å². The van der Waals surface area contributed by atoms with Gasteiger partial charge < -0.3 is 10.6 Å². The third-order valence-electron chi connectivity index (χ3n) is 4.71. The van der Waals surface area contributed by atoms with Crippen molar-refractivity contribution in [3.8, 4) is 10.6 Å². The monoisotopic (exact) mass is 428 g/mol. The molecule has 0 amide bonds. The van der Waals surface area contributed by atoms with Crippen LogP contribution in [0.3, 0.4) is 0 Å². The Kier molecular flexibility index (Phi) is 6.15. The highest BCUT2D eigenvalue weighted by molar-refractivity contribution is 7.89. The Labute approximate surface area is 168 Å². The van der Waals surface area contributed by atoms with Gasteiger partial charge in [0.25, 0.3) is 0 Å². The van der Waals surface area contributed by atoms with Gasteiger partial charge in [-0.05, 0) is 33.6 Å². The minimum Gasteiger partial charge on any atom is -0.365 e. The van der Waals surface area contributed by atoms with Gasteiger partial charge in [0, 0.05) is 26.2 Å². The topological polar surface area (TPSA) is 100 Å². The lowest BCUT2D eigenvalue weighted by atomic mass is 10.1. The Bertz CT molecular complexity index is 939. The summed E-state index contributed by atoms with van der Waals surface area (Å²) in [6, 6.07) is 0.0346. The number of sulfonamides is 1. The summed E-state index contributed by atoms with van der Waals surface area (Å²) in [4.78, 5) is 13.4. The molecule has 11 heteroatoms. The van der Waals surface area contributed by atoms with Gasteiger partial charge in [0.15, 0.2) is 10.9 Å². The molecule has 0 saturated carbocycles. The molecular weight excluding hydrogens is 403 g/mol. The second kappa shape index (κ2) is 8.26. The minimum absolute atomic E-state index is 0.0346. The molecule has 2 N–H and O–H groups in total. The summed E-state index contributed by atoms with van der Waals surface area (Å²) in [5.41, 5.74) is 0.916. The van der Waals surface area contributed by atoms with Crippen molar-refractivity contribution >= 4 is 32.4 Å². The number of thiazole rings is 1. The van der Waals surface area contributed by atoms with Gasteiger partial charge >= 0.3 is 0 Å². The molecule has 28 heavy (non-hydrogen) atoms. The molecule has 0 atom stereocenters. The molecule has 0 bridgehead atoms. The molecule has 1 fully saturated rings. The van der Waals surface area contributed by atoms with Gasteiger partial charge in [-0.2, -0.15) is 0 Å². The number of anilines is 2. The molecular formula is C17H25FN6O2S2. The Morgan fingerprint density at radius 1 is 1.29 bits per heavy atom. The summed E-state index contributed by atoms with van der Waals surface area (Å²) >= 11 is 1.33. The maximum Gasteiger partial charge on any atom is 0.223 e. The second-order valence-corrected chi connectivity index (χ2v) is 10.5. The van der Waals surface area contributed by atoms with E-state index in [-0.39, 0.29) is 11.7 Å². The molecule has 8 nitrogen and oxygen atoms in total. The van der Waals surface area contributed by atoms with Gasteiger partial charge in [0.05, 0.1) is 22.0 Å². The van der Waals surface area contributed by atoms with Crippen LogP contribution in [0, 0.1) is 12.7 Å². The highest BCUT2D eigenvalue weighted by atomic mass is 32.2. The third kappa shape index (κ3) is 4.26. The lowest BCUT2D eigenvalue weighted by molar-refractivity contribution is 0.326. The Morgan fingerprint density at radius 2 is 1.96 bits per heavy atom. The van der Waals surface area contributed by atoms with E-state index in [2.05, 4.69) is 25.6 Å². The molecule has 0 radical (unpaired) electrons. The van der Waals surface area contributed by atoms with Gasteiger partial charge in [-0.25, -0.2) is 32.1 Å². The number of aryl methyl sites for hydroxylation is 1. The Hall–Kier alpha value is -1.85. The zero-order valence-corrected chi connectivity index (χ0v) is 18.0. The van der Waals surface area contributed by atoms with E-state index in [1.165, 1.54) is 15.6 Å². The molecule has 3 heterocycles. The van der Waals surface area contributed by atoms with E-state index >= 15 is 0 Å². The number of halogens is 1. The fraction of sp³-hybridized carbons (Fsp3) is 0.588. The van der Waals surface area contributed by atoms with Crippen molar-refractivity contribution in [3.63, 3.8) is 0 Å². The molecule has 3 rings (SSSR count).